The summed E-state index contributed by atoms with van der Waals surface area (Å²) >= 11 is 0. The van der Waals surface area contributed by atoms with Crippen molar-refractivity contribution < 1.29 is 27.9 Å². The Balaban J connectivity index is 2.65. The first kappa shape index (κ1) is 15.8. The van der Waals surface area contributed by atoms with E-state index in [0.29, 0.717) is 18.6 Å². The van der Waals surface area contributed by atoms with Gasteiger partial charge < -0.3 is 15.7 Å². The van der Waals surface area contributed by atoms with Gasteiger partial charge in [-0.05, 0) is 6.42 Å². The molecule has 1 aromatic carbocycles. The van der Waals surface area contributed by atoms with E-state index in [1.165, 1.54) is 0 Å². The minimum Gasteiger partial charge on any atom is -0.481 e. The molecule has 1 aromatic rings. The first-order chi connectivity index (χ1) is 9.35. The Bertz CT molecular complexity index is 523. The van der Waals surface area contributed by atoms with E-state index in [-0.39, 0.29) is 6.54 Å². The number of aliphatic carboxylic acids is 1. The SMILES string of the molecule is CCC(CNC(=O)Nc1cc(F)cc(F)c1F)C(=O)O. The minimum atomic E-state index is -1.43. The number of benzene rings is 1. The van der Waals surface area contributed by atoms with Gasteiger partial charge in [-0.3, -0.25) is 4.79 Å². The number of halogens is 3. The van der Waals surface area contributed by atoms with E-state index in [0.717, 1.165) is 0 Å². The van der Waals surface area contributed by atoms with Crippen LogP contribution in [0.25, 0.3) is 0 Å². The average molecular weight is 290 g/mol. The van der Waals surface area contributed by atoms with Gasteiger partial charge in [0.2, 0.25) is 0 Å². The van der Waals surface area contributed by atoms with Crippen LogP contribution in [-0.4, -0.2) is 23.7 Å². The Kier molecular flexibility index (Phi) is 5.36. The highest BCUT2D eigenvalue weighted by Gasteiger charge is 2.17. The van der Waals surface area contributed by atoms with E-state index < -0.39 is 41.1 Å². The van der Waals surface area contributed by atoms with Crippen LogP contribution in [-0.2, 0) is 4.79 Å². The smallest absolute Gasteiger partial charge is 0.319 e. The highest BCUT2D eigenvalue weighted by atomic mass is 19.2. The van der Waals surface area contributed by atoms with E-state index >= 15 is 0 Å². The van der Waals surface area contributed by atoms with Crippen LogP contribution in [0.4, 0.5) is 23.7 Å². The molecule has 0 aromatic heterocycles. The van der Waals surface area contributed by atoms with E-state index in [4.69, 9.17) is 5.11 Å². The van der Waals surface area contributed by atoms with Crippen molar-refractivity contribution in [1.82, 2.24) is 5.32 Å². The molecule has 110 valence electrons. The number of carboxylic acids is 1. The number of hydrogen-bond acceptors (Lipinski definition) is 2. The van der Waals surface area contributed by atoms with Crippen molar-refractivity contribution >= 4 is 17.7 Å². The number of urea groups is 1. The maximum Gasteiger partial charge on any atom is 0.319 e. The van der Waals surface area contributed by atoms with Crippen LogP contribution < -0.4 is 10.6 Å². The summed E-state index contributed by atoms with van der Waals surface area (Å²) in [5, 5.41) is 12.9. The van der Waals surface area contributed by atoms with Gasteiger partial charge in [0.1, 0.15) is 5.82 Å². The molecule has 0 aliphatic rings. The monoisotopic (exact) mass is 290 g/mol. The Morgan fingerprint density at radius 2 is 1.95 bits per heavy atom. The lowest BCUT2D eigenvalue weighted by Gasteiger charge is -2.12. The lowest BCUT2D eigenvalue weighted by molar-refractivity contribution is -0.141. The van der Waals surface area contributed by atoms with Gasteiger partial charge in [0, 0.05) is 18.7 Å². The topological polar surface area (TPSA) is 78.4 Å². The summed E-state index contributed by atoms with van der Waals surface area (Å²) in [6.45, 7) is 1.44. The fourth-order valence-electron chi connectivity index (χ4n) is 1.44. The fourth-order valence-corrected chi connectivity index (χ4v) is 1.44. The van der Waals surface area contributed by atoms with Gasteiger partial charge in [-0.2, -0.15) is 0 Å². The number of carbonyl (C=O) groups is 2. The maximum absolute atomic E-state index is 13.3. The Hall–Kier alpha value is -2.25. The summed E-state index contributed by atoms with van der Waals surface area (Å²) < 4.78 is 39.0. The molecule has 0 saturated carbocycles. The summed E-state index contributed by atoms with van der Waals surface area (Å²) in [4.78, 5) is 22.1. The van der Waals surface area contributed by atoms with Gasteiger partial charge in [0.25, 0.3) is 0 Å². The maximum atomic E-state index is 13.3. The van der Waals surface area contributed by atoms with Crippen molar-refractivity contribution in [3.8, 4) is 0 Å². The first-order valence-corrected chi connectivity index (χ1v) is 5.77. The van der Waals surface area contributed by atoms with Gasteiger partial charge in [0.15, 0.2) is 11.6 Å². The third kappa shape index (κ3) is 4.15. The first-order valence-electron chi connectivity index (χ1n) is 5.77. The molecule has 0 fully saturated rings. The summed E-state index contributed by atoms with van der Waals surface area (Å²) in [7, 11) is 0. The van der Waals surface area contributed by atoms with Gasteiger partial charge in [-0.25, -0.2) is 18.0 Å². The molecular formula is C12H13F3N2O3. The lowest BCUT2D eigenvalue weighted by atomic mass is 10.1. The molecule has 1 unspecified atom stereocenters. The van der Waals surface area contributed by atoms with Gasteiger partial charge >= 0.3 is 12.0 Å². The van der Waals surface area contributed by atoms with Crippen molar-refractivity contribution in [2.75, 3.05) is 11.9 Å². The minimum absolute atomic E-state index is 0.183. The standard InChI is InChI=1S/C12H13F3N2O3/c1-2-6(11(18)19)5-16-12(20)17-9-4-7(13)3-8(14)10(9)15/h3-4,6H,2,5H2,1H3,(H,18,19)(H2,16,17,20). The Morgan fingerprint density at radius 1 is 1.30 bits per heavy atom. The Morgan fingerprint density at radius 3 is 2.50 bits per heavy atom. The summed E-state index contributed by atoms with van der Waals surface area (Å²) in [6, 6.07) is 0.0104. The van der Waals surface area contributed by atoms with Crippen LogP contribution in [0, 0.1) is 23.4 Å². The molecule has 8 heteroatoms. The van der Waals surface area contributed by atoms with E-state index in [9.17, 15) is 22.8 Å². The van der Waals surface area contributed by atoms with Crippen LogP contribution in [0.15, 0.2) is 12.1 Å². The largest absolute Gasteiger partial charge is 0.481 e. The molecule has 1 atom stereocenters. The predicted octanol–water partition coefficient (Wildman–Crippen LogP) is 2.34. The number of amides is 2. The van der Waals surface area contributed by atoms with Gasteiger partial charge in [-0.15, -0.1) is 0 Å². The summed E-state index contributed by atoms with van der Waals surface area (Å²) in [5.41, 5.74) is -0.664. The van der Waals surface area contributed by atoms with Crippen molar-refractivity contribution in [3.05, 3.63) is 29.6 Å². The van der Waals surface area contributed by atoms with Crippen LogP contribution in [0.1, 0.15) is 13.3 Å². The Labute approximate surface area is 112 Å². The zero-order chi connectivity index (χ0) is 15.3. The molecule has 0 radical (unpaired) electrons. The van der Waals surface area contributed by atoms with Gasteiger partial charge in [-0.1, -0.05) is 6.92 Å². The number of carboxylic acid groups (broad SMARTS) is 1. The molecule has 0 saturated heterocycles. The molecule has 3 N–H and O–H groups in total. The highest BCUT2D eigenvalue weighted by Crippen LogP contribution is 2.18. The molecule has 20 heavy (non-hydrogen) atoms. The molecule has 0 spiro atoms. The number of hydrogen-bond donors (Lipinski definition) is 3. The molecule has 0 heterocycles. The zero-order valence-electron chi connectivity index (χ0n) is 10.5. The molecule has 1 rings (SSSR count). The van der Waals surface area contributed by atoms with Crippen molar-refractivity contribution in [2.45, 2.75) is 13.3 Å². The highest BCUT2D eigenvalue weighted by molar-refractivity contribution is 5.89. The second kappa shape index (κ2) is 6.78. The van der Waals surface area contributed by atoms with E-state index in [1.54, 1.807) is 6.92 Å². The predicted molar refractivity (Wildman–Crippen MR) is 64.8 cm³/mol. The number of carbonyl (C=O) groups excluding carboxylic acids is 1. The third-order valence-corrected chi connectivity index (χ3v) is 2.59. The molecule has 0 aliphatic heterocycles. The number of anilines is 1. The second-order valence-electron chi connectivity index (χ2n) is 4.03. The van der Waals surface area contributed by atoms with Crippen LogP contribution >= 0.6 is 0 Å². The van der Waals surface area contributed by atoms with Crippen LogP contribution in [0.5, 0.6) is 0 Å². The van der Waals surface area contributed by atoms with E-state index in [2.05, 4.69) is 5.32 Å². The zero-order valence-corrected chi connectivity index (χ0v) is 10.5. The molecule has 2 amide bonds. The summed E-state index contributed by atoms with van der Waals surface area (Å²) in [6.07, 6.45) is 0.290. The summed E-state index contributed by atoms with van der Waals surface area (Å²) in [5.74, 6) is -5.76. The van der Waals surface area contributed by atoms with Gasteiger partial charge in [0.05, 0.1) is 11.6 Å². The lowest BCUT2D eigenvalue weighted by Crippen LogP contribution is -2.35. The van der Waals surface area contributed by atoms with Crippen molar-refractivity contribution in [2.24, 2.45) is 5.92 Å². The van der Waals surface area contributed by atoms with E-state index in [1.807, 2.05) is 5.32 Å². The average Bonchev–Trinajstić information content (AvgIpc) is 2.35. The molecule has 0 aliphatic carbocycles. The molecule has 5 nitrogen and oxygen atoms in total. The fraction of sp³-hybridized carbons (Fsp3) is 0.333. The van der Waals surface area contributed by atoms with Crippen LogP contribution in [0.2, 0.25) is 0 Å². The van der Waals surface area contributed by atoms with Crippen molar-refractivity contribution in [3.63, 3.8) is 0 Å². The molecule has 0 bridgehead atoms. The van der Waals surface area contributed by atoms with Crippen molar-refractivity contribution in [1.29, 1.82) is 0 Å². The quantitative estimate of drug-likeness (QED) is 0.728. The second-order valence-corrected chi connectivity index (χ2v) is 4.03. The number of rotatable bonds is 5. The normalized spacial score (nSPS) is 11.8. The molecular weight excluding hydrogens is 277 g/mol. The third-order valence-electron chi connectivity index (χ3n) is 2.59. The number of nitrogens with one attached hydrogen (secondary N) is 2. The van der Waals surface area contributed by atoms with Crippen LogP contribution in [0.3, 0.4) is 0 Å².